The van der Waals surface area contributed by atoms with E-state index in [1.165, 1.54) is 0 Å². The van der Waals surface area contributed by atoms with E-state index in [-0.39, 0.29) is 6.54 Å². The Labute approximate surface area is 197 Å². The maximum atomic E-state index is 12.3. The fraction of sp³-hybridized carbons (Fsp3) is 0.280. The average molecular weight is 468 g/mol. The minimum absolute atomic E-state index is 0.259. The Morgan fingerprint density at radius 3 is 2.42 bits per heavy atom. The molecule has 0 radical (unpaired) electrons. The third-order valence-corrected chi connectivity index (χ3v) is 6.19. The lowest BCUT2D eigenvalue weighted by Crippen LogP contribution is -2.49. The monoisotopic (exact) mass is 467 g/mol. The fourth-order valence-corrected chi connectivity index (χ4v) is 4.55. The SMILES string of the molecule is O=C(O)Cn1cc([C@H](C(=O)O)N2CCN(C/C=C/c3ccccc3)CC2)c2ccc(Cl)cc21. The van der Waals surface area contributed by atoms with Gasteiger partial charge >= 0.3 is 11.9 Å². The molecule has 1 saturated heterocycles. The Bertz CT molecular complexity index is 1170. The molecule has 0 spiro atoms. The molecule has 2 aromatic carbocycles. The second kappa shape index (κ2) is 10.2. The number of hydrogen-bond acceptors (Lipinski definition) is 4. The van der Waals surface area contributed by atoms with Gasteiger partial charge in [-0.2, -0.15) is 0 Å². The number of aliphatic carboxylic acids is 2. The van der Waals surface area contributed by atoms with Crippen LogP contribution in [0.4, 0.5) is 0 Å². The Kier molecular flexibility index (Phi) is 7.13. The van der Waals surface area contributed by atoms with Gasteiger partial charge in [0.2, 0.25) is 0 Å². The number of nitrogens with zero attached hydrogens (tertiary/aromatic N) is 3. The van der Waals surface area contributed by atoms with Crippen molar-refractivity contribution >= 4 is 40.5 Å². The van der Waals surface area contributed by atoms with Crippen molar-refractivity contribution in [2.24, 2.45) is 0 Å². The number of piperazine rings is 1. The number of benzene rings is 2. The summed E-state index contributed by atoms with van der Waals surface area (Å²) in [5, 5.41) is 20.6. The second-order valence-corrected chi connectivity index (χ2v) is 8.59. The molecule has 33 heavy (non-hydrogen) atoms. The summed E-state index contributed by atoms with van der Waals surface area (Å²) in [6.45, 7) is 3.26. The molecular formula is C25H26ClN3O4. The number of hydrogen-bond donors (Lipinski definition) is 2. The maximum Gasteiger partial charge on any atom is 0.325 e. The summed E-state index contributed by atoms with van der Waals surface area (Å²) in [6, 6.07) is 14.4. The molecule has 1 aromatic heterocycles. The number of aromatic nitrogens is 1. The molecule has 0 amide bonds. The minimum Gasteiger partial charge on any atom is -0.480 e. The number of carboxylic acid groups (broad SMARTS) is 2. The van der Waals surface area contributed by atoms with Crippen LogP contribution in [-0.4, -0.2) is 69.2 Å². The molecule has 1 aliphatic rings. The lowest BCUT2D eigenvalue weighted by molar-refractivity contribution is -0.144. The zero-order valence-electron chi connectivity index (χ0n) is 18.1. The number of halogens is 1. The first-order chi connectivity index (χ1) is 15.9. The van der Waals surface area contributed by atoms with E-state index < -0.39 is 18.0 Å². The van der Waals surface area contributed by atoms with Gasteiger partial charge in [0.05, 0.1) is 5.52 Å². The van der Waals surface area contributed by atoms with Crippen molar-refractivity contribution in [3.8, 4) is 0 Å². The van der Waals surface area contributed by atoms with Gasteiger partial charge in [0.25, 0.3) is 0 Å². The molecule has 8 heteroatoms. The van der Waals surface area contributed by atoms with Crippen LogP contribution in [0.1, 0.15) is 17.2 Å². The summed E-state index contributed by atoms with van der Waals surface area (Å²) >= 11 is 6.13. The second-order valence-electron chi connectivity index (χ2n) is 8.16. The third kappa shape index (κ3) is 5.45. The summed E-state index contributed by atoms with van der Waals surface area (Å²) < 4.78 is 1.56. The molecule has 1 atom stereocenters. The van der Waals surface area contributed by atoms with Crippen LogP contribution in [0, 0.1) is 0 Å². The van der Waals surface area contributed by atoms with Gasteiger partial charge in [0.15, 0.2) is 0 Å². The molecule has 0 bridgehead atoms. The smallest absolute Gasteiger partial charge is 0.325 e. The topological polar surface area (TPSA) is 86.0 Å². The molecule has 4 rings (SSSR count). The van der Waals surface area contributed by atoms with E-state index >= 15 is 0 Å². The fourth-order valence-electron chi connectivity index (χ4n) is 4.38. The van der Waals surface area contributed by atoms with Crippen molar-refractivity contribution in [2.75, 3.05) is 32.7 Å². The van der Waals surface area contributed by atoms with Crippen molar-refractivity contribution in [3.63, 3.8) is 0 Å². The van der Waals surface area contributed by atoms with Crippen molar-refractivity contribution in [1.29, 1.82) is 0 Å². The molecular weight excluding hydrogens is 442 g/mol. The lowest BCUT2D eigenvalue weighted by atomic mass is 10.0. The molecule has 172 valence electrons. The Morgan fingerprint density at radius 1 is 1.03 bits per heavy atom. The van der Waals surface area contributed by atoms with E-state index in [0.717, 1.165) is 25.2 Å². The summed E-state index contributed by atoms with van der Waals surface area (Å²) in [7, 11) is 0. The van der Waals surface area contributed by atoms with Gasteiger partial charge in [-0.15, -0.1) is 0 Å². The van der Waals surface area contributed by atoms with Crippen LogP contribution in [0.15, 0.2) is 60.8 Å². The van der Waals surface area contributed by atoms with Gasteiger partial charge < -0.3 is 14.8 Å². The van der Waals surface area contributed by atoms with Gasteiger partial charge in [-0.25, -0.2) is 0 Å². The molecule has 1 fully saturated rings. The van der Waals surface area contributed by atoms with E-state index in [1.54, 1.807) is 29.0 Å². The largest absolute Gasteiger partial charge is 0.480 e. The van der Waals surface area contributed by atoms with Crippen LogP contribution >= 0.6 is 11.6 Å². The Hall–Kier alpha value is -3.13. The quantitative estimate of drug-likeness (QED) is 0.523. The molecule has 7 nitrogen and oxygen atoms in total. The highest BCUT2D eigenvalue weighted by atomic mass is 35.5. The standard InChI is InChI=1S/C25H26ClN3O4/c26-19-8-9-20-21(16-29(17-23(30)31)22(20)15-19)24(25(32)33)28-13-11-27(12-14-28)10-4-7-18-5-2-1-3-6-18/h1-9,15-16,24H,10-14,17H2,(H,30,31)(H,32,33)/b7-4+/t24-/m1/s1. The summed E-state index contributed by atoms with van der Waals surface area (Å²) in [5.74, 6) is -1.95. The highest BCUT2D eigenvalue weighted by Crippen LogP contribution is 2.33. The van der Waals surface area contributed by atoms with Crippen LogP contribution in [0.5, 0.6) is 0 Å². The Balaban J connectivity index is 1.50. The minimum atomic E-state index is -0.998. The molecule has 0 saturated carbocycles. The third-order valence-electron chi connectivity index (χ3n) is 5.95. The lowest BCUT2D eigenvalue weighted by Gasteiger charge is -2.37. The van der Waals surface area contributed by atoms with Gasteiger partial charge in [-0.05, 0) is 17.7 Å². The molecule has 0 unspecified atom stereocenters. The molecule has 1 aliphatic heterocycles. The molecule has 3 aromatic rings. The number of carboxylic acids is 2. The van der Waals surface area contributed by atoms with Gasteiger partial charge in [-0.3, -0.25) is 19.4 Å². The van der Waals surface area contributed by atoms with Crippen molar-refractivity contribution in [1.82, 2.24) is 14.4 Å². The van der Waals surface area contributed by atoms with Gasteiger partial charge in [0.1, 0.15) is 12.6 Å². The van der Waals surface area contributed by atoms with E-state index in [2.05, 4.69) is 29.2 Å². The zero-order chi connectivity index (χ0) is 23.4. The van der Waals surface area contributed by atoms with Crippen molar-refractivity contribution in [2.45, 2.75) is 12.6 Å². The molecule has 2 heterocycles. The number of rotatable bonds is 8. The van der Waals surface area contributed by atoms with Gasteiger partial charge in [0, 0.05) is 54.9 Å². The first kappa shape index (κ1) is 23.0. The van der Waals surface area contributed by atoms with Crippen molar-refractivity contribution < 1.29 is 19.8 Å². The predicted molar refractivity (Wildman–Crippen MR) is 128 cm³/mol. The van der Waals surface area contributed by atoms with E-state index in [0.29, 0.717) is 34.6 Å². The number of carbonyl (C=O) groups is 2. The average Bonchev–Trinajstić information content (AvgIpc) is 3.12. The highest BCUT2D eigenvalue weighted by Gasteiger charge is 2.32. The van der Waals surface area contributed by atoms with Crippen LogP contribution in [0.2, 0.25) is 5.02 Å². The molecule has 0 aliphatic carbocycles. The van der Waals surface area contributed by atoms with E-state index in [4.69, 9.17) is 11.6 Å². The van der Waals surface area contributed by atoms with Crippen LogP contribution in [0.25, 0.3) is 17.0 Å². The summed E-state index contributed by atoms with van der Waals surface area (Å²) in [4.78, 5) is 27.9. The first-order valence-electron chi connectivity index (χ1n) is 10.8. The van der Waals surface area contributed by atoms with E-state index in [1.807, 2.05) is 23.1 Å². The Morgan fingerprint density at radius 2 is 1.76 bits per heavy atom. The zero-order valence-corrected chi connectivity index (χ0v) is 18.9. The van der Waals surface area contributed by atoms with E-state index in [9.17, 15) is 19.8 Å². The summed E-state index contributed by atoms with van der Waals surface area (Å²) in [5.41, 5.74) is 2.36. The number of fused-ring (bicyclic) bond motifs is 1. The normalized spacial score (nSPS) is 16.4. The van der Waals surface area contributed by atoms with Crippen LogP contribution in [-0.2, 0) is 16.1 Å². The maximum absolute atomic E-state index is 12.3. The predicted octanol–water partition coefficient (Wildman–Crippen LogP) is 3.84. The summed E-state index contributed by atoms with van der Waals surface area (Å²) in [6.07, 6.45) is 5.86. The van der Waals surface area contributed by atoms with Gasteiger partial charge in [-0.1, -0.05) is 60.2 Å². The van der Waals surface area contributed by atoms with Crippen molar-refractivity contribution in [3.05, 3.63) is 77.0 Å². The van der Waals surface area contributed by atoms with Crippen LogP contribution < -0.4 is 0 Å². The molecule has 2 N–H and O–H groups in total. The first-order valence-corrected chi connectivity index (χ1v) is 11.2. The highest BCUT2D eigenvalue weighted by molar-refractivity contribution is 6.31. The van der Waals surface area contributed by atoms with Crippen LogP contribution in [0.3, 0.4) is 0 Å².